The molecule has 0 N–H and O–H groups in total. The summed E-state index contributed by atoms with van der Waals surface area (Å²) in [5.74, 6) is 1.44. The maximum atomic E-state index is 12.9. The second kappa shape index (κ2) is 7.44. The number of carbonyl (C=O) groups excluding carboxylic acids is 1. The summed E-state index contributed by atoms with van der Waals surface area (Å²) < 4.78 is 10.4. The smallest absolute Gasteiger partial charge is 0.272 e. The Morgan fingerprint density at radius 1 is 0.962 bits per heavy atom. The lowest BCUT2D eigenvalue weighted by molar-refractivity contribution is 0.0737. The first-order valence-corrected chi connectivity index (χ1v) is 8.39. The minimum Gasteiger partial charge on any atom is -0.497 e. The normalized spacial score (nSPS) is 11.8. The average molecular weight is 350 g/mol. The predicted octanol–water partition coefficient (Wildman–Crippen LogP) is 4.09. The van der Waals surface area contributed by atoms with Crippen molar-refractivity contribution in [3.05, 3.63) is 65.9 Å². The highest BCUT2D eigenvalue weighted by Crippen LogP contribution is 2.24. The molecule has 1 aromatic heterocycles. The Kier molecular flexibility index (Phi) is 5.07. The van der Waals surface area contributed by atoms with E-state index in [1.807, 2.05) is 55.5 Å². The number of ether oxygens (including phenoxy) is 2. The van der Waals surface area contributed by atoms with Gasteiger partial charge < -0.3 is 14.4 Å². The Hall–Kier alpha value is -3.08. The zero-order valence-corrected chi connectivity index (χ0v) is 15.4. The number of nitrogens with zero attached hydrogens (tertiary/aromatic N) is 2. The van der Waals surface area contributed by atoms with E-state index in [0.717, 1.165) is 28.0 Å². The molecule has 5 heteroatoms. The number of aromatic nitrogens is 1. The molecule has 5 nitrogen and oxygen atoms in total. The number of hydrogen-bond acceptors (Lipinski definition) is 4. The van der Waals surface area contributed by atoms with E-state index in [-0.39, 0.29) is 11.9 Å². The van der Waals surface area contributed by atoms with Gasteiger partial charge in [-0.3, -0.25) is 4.79 Å². The minimum atomic E-state index is -0.119. The highest BCUT2D eigenvalue weighted by molar-refractivity contribution is 5.95. The summed E-state index contributed by atoms with van der Waals surface area (Å²) in [6, 6.07) is 16.9. The van der Waals surface area contributed by atoms with Crippen LogP contribution in [0.15, 0.2) is 54.6 Å². The van der Waals surface area contributed by atoms with Crippen LogP contribution in [0.1, 0.15) is 29.0 Å². The molecule has 0 aliphatic rings. The van der Waals surface area contributed by atoms with E-state index in [4.69, 9.17) is 9.47 Å². The summed E-state index contributed by atoms with van der Waals surface area (Å²) in [5.41, 5.74) is 2.22. The predicted molar refractivity (Wildman–Crippen MR) is 102 cm³/mol. The molecule has 0 fully saturated rings. The topological polar surface area (TPSA) is 51.7 Å². The monoisotopic (exact) mass is 350 g/mol. The van der Waals surface area contributed by atoms with Gasteiger partial charge in [0.2, 0.25) is 0 Å². The molecule has 1 heterocycles. The summed E-state index contributed by atoms with van der Waals surface area (Å²) in [6.45, 7) is 1.99. The first kappa shape index (κ1) is 17.7. The quantitative estimate of drug-likeness (QED) is 0.696. The van der Waals surface area contributed by atoms with Crippen molar-refractivity contribution >= 4 is 16.8 Å². The zero-order valence-electron chi connectivity index (χ0n) is 15.4. The van der Waals surface area contributed by atoms with Crippen LogP contribution in [0.25, 0.3) is 10.9 Å². The highest BCUT2D eigenvalue weighted by atomic mass is 16.5. The zero-order chi connectivity index (χ0) is 18.7. The third-order valence-electron chi connectivity index (χ3n) is 4.61. The second-order valence-electron chi connectivity index (χ2n) is 6.12. The lowest BCUT2D eigenvalue weighted by Crippen LogP contribution is -2.30. The van der Waals surface area contributed by atoms with E-state index in [0.29, 0.717) is 5.69 Å². The number of fused-ring (bicyclic) bond motifs is 1. The van der Waals surface area contributed by atoms with E-state index >= 15 is 0 Å². The van der Waals surface area contributed by atoms with Crippen molar-refractivity contribution in [1.82, 2.24) is 9.88 Å². The Morgan fingerprint density at radius 3 is 2.27 bits per heavy atom. The van der Waals surface area contributed by atoms with Crippen LogP contribution in [0.3, 0.4) is 0 Å². The van der Waals surface area contributed by atoms with Crippen molar-refractivity contribution in [2.75, 3.05) is 21.3 Å². The van der Waals surface area contributed by atoms with Crippen LogP contribution in [0.2, 0.25) is 0 Å². The van der Waals surface area contributed by atoms with Crippen LogP contribution in [0.5, 0.6) is 11.5 Å². The van der Waals surface area contributed by atoms with E-state index in [9.17, 15) is 4.79 Å². The van der Waals surface area contributed by atoms with Gasteiger partial charge in [-0.25, -0.2) is 4.98 Å². The lowest BCUT2D eigenvalue weighted by atomic mass is 10.1. The van der Waals surface area contributed by atoms with Gasteiger partial charge in [-0.1, -0.05) is 18.2 Å². The summed E-state index contributed by atoms with van der Waals surface area (Å²) in [4.78, 5) is 19.1. The highest BCUT2D eigenvalue weighted by Gasteiger charge is 2.20. The van der Waals surface area contributed by atoms with Crippen LogP contribution in [0, 0.1) is 0 Å². The largest absolute Gasteiger partial charge is 0.497 e. The third-order valence-corrected chi connectivity index (χ3v) is 4.61. The van der Waals surface area contributed by atoms with E-state index in [2.05, 4.69) is 4.98 Å². The Morgan fingerprint density at radius 2 is 1.62 bits per heavy atom. The molecule has 26 heavy (non-hydrogen) atoms. The minimum absolute atomic E-state index is 0.0817. The number of hydrogen-bond donors (Lipinski definition) is 0. The van der Waals surface area contributed by atoms with Crippen molar-refractivity contribution in [2.24, 2.45) is 0 Å². The standard InChI is InChI=1S/C21H22N2O3/c1-14(15-5-8-17(25-3)9-6-15)23(2)21(24)20-11-7-16-13-18(26-4)10-12-19(16)22-20/h5-14H,1-4H3. The van der Waals surface area contributed by atoms with E-state index in [1.54, 1.807) is 32.2 Å². The Balaban J connectivity index is 1.83. The summed E-state index contributed by atoms with van der Waals surface area (Å²) in [5, 5.41) is 0.937. The number of carbonyl (C=O) groups is 1. The first-order chi connectivity index (χ1) is 12.5. The van der Waals surface area contributed by atoms with E-state index in [1.165, 1.54) is 0 Å². The third kappa shape index (κ3) is 3.47. The van der Waals surface area contributed by atoms with Crippen LogP contribution >= 0.6 is 0 Å². The van der Waals surface area contributed by atoms with Gasteiger partial charge in [0.05, 0.1) is 25.8 Å². The maximum Gasteiger partial charge on any atom is 0.272 e. The second-order valence-corrected chi connectivity index (χ2v) is 6.12. The van der Waals surface area contributed by atoms with Gasteiger partial charge in [0.1, 0.15) is 17.2 Å². The van der Waals surface area contributed by atoms with Crippen molar-refractivity contribution in [2.45, 2.75) is 13.0 Å². The SMILES string of the molecule is COc1ccc(C(C)N(C)C(=O)c2ccc3cc(OC)ccc3n2)cc1. The molecule has 1 unspecified atom stereocenters. The molecule has 3 rings (SSSR count). The van der Waals surface area contributed by atoms with Crippen LogP contribution in [-0.2, 0) is 0 Å². The molecule has 1 atom stereocenters. The molecular weight excluding hydrogens is 328 g/mol. The number of rotatable bonds is 5. The molecule has 0 bridgehead atoms. The lowest BCUT2D eigenvalue weighted by Gasteiger charge is -2.25. The van der Waals surface area contributed by atoms with Crippen LogP contribution < -0.4 is 9.47 Å². The van der Waals surface area contributed by atoms with Crippen molar-refractivity contribution in [1.29, 1.82) is 0 Å². The van der Waals surface area contributed by atoms with Gasteiger partial charge in [-0.05, 0) is 48.9 Å². The summed E-state index contributed by atoms with van der Waals surface area (Å²) >= 11 is 0. The maximum absolute atomic E-state index is 12.9. The molecule has 0 aliphatic carbocycles. The van der Waals surface area contributed by atoms with Gasteiger partial charge in [0.15, 0.2) is 0 Å². The molecule has 134 valence electrons. The van der Waals surface area contributed by atoms with Gasteiger partial charge in [0, 0.05) is 12.4 Å². The number of pyridine rings is 1. The fourth-order valence-electron chi connectivity index (χ4n) is 2.81. The number of methoxy groups -OCH3 is 2. The number of amides is 1. The fraction of sp³-hybridized carbons (Fsp3) is 0.238. The van der Waals surface area contributed by atoms with Crippen molar-refractivity contribution in [3.63, 3.8) is 0 Å². The molecule has 0 aliphatic heterocycles. The van der Waals surface area contributed by atoms with Crippen molar-refractivity contribution in [3.8, 4) is 11.5 Å². The first-order valence-electron chi connectivity index (χ1n) is 8.39. The molecule has 0 saturated carbocycles. The van der Waals surface area contributed by atoms with E-state index < -0.39 is 0 Å². The fourth-order valence-corrected chi connectivity index (χ4v) is 2.81. The summed E-state index contributed by atoms with van der Waals surface area (Å²) in [6.07, 6.45) is 0. The molecule has 3 aromatic rings. The van der Waals surface area contributed by atoms with Gasteiger partial charge in [0.25, 0.3) is 5.91 Å². The number of benzene rings is 2. The van der Waals surface area contributed by atoms with Crippen molar-refractivity contribution < 1.29 is 14.3 Å². The van der Waals surface area contributed by atoms with Crippen LogP contribution in [0.4, 0.5) is 0 Å². The molecule has 0 saturated heterocycles. The molecule has 1 amide bonds. The Labute approximate surface area is 153 Å². The molecule has 0 spiro atoms. The van der Waals surface area contributed by atoms with Gasteiger partial charge in [-0.15, -0.1) is 0 Å². The van der Waals surface area contributed by atoms with Gasteiger partial charge in [-0.2, -0.15) is 0 Å². The average Bonchev–Trinajstić information content (AvgIpc) is 2.71. The molecule has 0 radical (unpaired) electrons. The molecular formula is C21H22N2O3. The Bertz CT molecular complexity index is 922. The van der Waals surface area contributed by atoms with Gasteiger partial charge >= 0.3 is 0 Å². The molecule has 2 aromatic carbocycles. The van der Waals surface area contributed by atoms with Crippen LogP contribution in [-0.4, -0.2) is 37.1 Å². The summed E-state index contributed by atoms with van der Waals surface area (Å²) in [7, 11) is 5.05.